The summed E-state index contributed by atoms with van der Waals surface area (Å²) in [6, 6.07) is 5.07. The van der Waals surface area contributed by atoms with Crippen LogP contribution >= 0.6 is 0 Å². The van der Waals surface area contributed by atoms with Gasteiger partial charge in [-0.2, -0.15) is 0 Å². The molecule has 180 valence electrons. The Labute approximate surface area is 203 Å². The molecular formula is C29H37N3O2. The lowest BCUT2D eigenvalue weighted by atomic mass is 10.0. The monoisotopic (exact) mass is 459 g/mol. The smallest absolute Gasteiger partial charge is 0.252 e. The first kappa shape index (κ1) is 26.5. The van der Waals surface area contributed by atoms with Crippen molar-refractivity contribution in [1.82, 2.24) is 4.57 Å². The van der Waals surface area contributed by atoms with E-state index in [-0.39, 0.29) is 11.6 Å². The number of hydrogen-bond donors (Lipinski definition) is 3. The summed E-state index contributed by atoms with van der Waals surface area (Å²) in [5, 5.41) is 10.1. The predicted molar refractivity (Wildman–Crippen MR) is 144 cm³/mol. The largest absolute Gasteiger partial charge is 0.508 e. The van der Waals surface area contributed by atoms with Crippen molar-refractivity contribution in [3.63, 3.8) is 0 Å². The zero-order valence-corrected chi connectivity index (χ0v) is 20.8. The lowest BCUT2D eigenvalue weighted by Gasteiger charge is -2.14. The molecule has 5 heteroatoms. The highest BCUT2D eigenvalue weighted by molar-refractivity contribution is 6.01. The predicted octanol–water partition coefficient (Wildman–Crippen LogP) is 6.55. The second kappa shape index (κ2) is 11.9. The molecule has 5 N–H and O–H groups in total. The van der Waals surface area contributed by atoms with E-state index in [0.717, 1.165) is 52.8 Å². The summed E-state index contributed by atoms with van der Waals surface area (Å²) in [6.07, 6.45) is 13.2. The third kappa shape index (κ3) is 5.98. The first-order valence-corrected chi connectivity index (χ1v) is 11.7. The first-order chi connectivity index (χ1) is 16.2. The van der Waals surface area contributed by atoms with Gasteiger partial charge in [-0.1, -0.05) is 76.3 Å². The normalized spacial score (nSPS) is 12.1. The number of aryl methyl sites for hydroxylation is 1. The number of benzene rings is 1. The summed E-state index contributed by atoms with van der Waals surface area (Å²) < 4.78 is 1.79. The van der Waals surface area contributed by atoms with E-state index >= 15 is 0 Å². The van der Waals surface area contributed by atoms with E-state index in [1.807, 2.05) is 44.2 Å². The number of primary amides is 1. The highest BCUT2D eigenvalue weighted by atomic mass is 16.3. The van der Waals surface area contributed by atoms with Gasteiger partial charge in [-0.3, -0.25) is 9.36 Å². The van der Waals surface area contributed by atoms with Crippen molar-refractivity contribution in [1.29, 1.82) is 0 Å². The van der Waals surface area contributed by atoms with Gasteiger partial charge in [-0.05, 0) is 60.6 Å². The molecule has 0 fully saturated rings. The van der Waals surface area contributed by atoms with E-state index in [4.69, 9.17) is 11.5 Å². The highest BCUT2D eigenvalue weighted by Gasteiger charge is 2.24. The molecule has 0 bridgehead atoms. The molecule has 0 aliphatic carbocycles. The molecular weight excluding hydrogens is 422 g/mol. The quantitative estimate of drug-likeness (QED) is 0.332. The lowest BCUT2D eigenvalue weighted by Crippen LogP contribution is -2.15. The molecule has 0 saturated heterocycles. The van der Waals surface area contributed by atoms with Gasteiger partial charge >= 0.3 is 0 Å². The zero-order valence-electron chi connectivity index (χ0n) is 20.8. The molecule has 0 unspecified atom stereocenters. The third-order valence-electron chi connectivity index (χ3n) is 5.72. The summed E-state index contributed by atoms with van der Waals surface area (Å²) in [5.74, 6) is -0.197. The minimum atomic E-state index is -0.571. The van der Waals surface area contributed by atoms with Crippen LogP contribution in [0.25, 0.3) is 11.8 Å². The van der Waals surface area contributed by atoms with Crippen molar-refractivity contribution >= 4 is 17.8 Å². The molecule has 34 heavy (non-hydrogen) atoms. The number of allylic oxidation sites excluding steroid dienone is 7. The van der Waals surface area contributed by atoms with Crippen LogP contribution in [-0.2, 0) is 6.42 Å². The van der Waals surface area contributed by atoms with Gasteiger partial charge in [-0.25, -0.2) is 0 Å². The molecule has 2 rings (SSSR count). The molecule has 0 radical (unpaired) electrons. The molecule has 1 amide bonds. The summed E-state index contributed by atoms with van der Waals surface area (Å²) in [4.78, 5) is 12.4. The Morgan fingerprint density at radius 3 is 2.44 bits per heavy atom. The average molecular weight is 460 g/mol. The van der Waals surface area contributed by atoms with Crippen molar-refractivity contribution in [3.8, 4) is 11.4 Å². The van der Waals surface area contributed by atoms with Crippen LogP contribution in [0.1, 0.15) is 67.2 Å². The molecule has 2 aromatic rings. The fourth-order valence-corrected chi connectivity index (χ4v) is 3.84. The fraction of sp³-hybridized carbons (Fsp3) is 0.276. The van der Waals surface area contributed by atoms with Crippen LogP contribution in [0.2, 0.25) is 0 Å². The molecule has 1 heterocycles. The Kier molecular flexibility index (Phi) is 9.31. The fourth-order valence-electron chi connectivity index (χ4n) is 3.84. The van der Waals surface area contributed by atoms with E-state index in [1.54, 1.807) is 16.7 Å². The van der Waals surface area contributed by atoms with Gasteiger partial charge in [0.1, 0.15) is 11.6 Å². The van der Waals surface area contributed by atoms with Crippen LogP contribution in [-0.4, -0.2) is 15.6 Å². The van der Waals surface area contributed by atoms with E-state index in [2.05, 4.69) is 33.1 Å². The third-order valence-corrected chi connectivity index (χ3v) is 5.72. The van der Waals surface area contributed by atoms with Crippen molar-refractivity contribution in [2.75, 3.05) is 5.73 Å². The Hall–Kier alpha value is -3.73. The van der Waals surface area contributed by atoms with Crippen molar-refractivity contribution in [2.24, 2.45) is 5.73 Å². The average Bonchev–Trinajstić information content (AvgIpc) is 3.07. The van der Waals surface area contributed by atoms with Gasteiger partial charge in [0.2, 0.25) is 0 Å². The van der Waals surface area contributed by atoms with Gasteiger partial charge in [-0.15, -0.1) is 0 Å². The van der Waals surface area contributed by atoms with Gasteiger partial charge in [0.05, 0.1) is 16.9 Å². The van der Waals surface area contributed by atoms with E-state index in [0.29, 0.717) is 17.7 Å². The standard InChI is InChI=1S/C29H37N3O2/c1-7-10-22(15-12-19(4)9-3)20(5)14-17-25-24(11-8-2)27(29(31)34)28(30)32(25)26-18-23(33)16-13-21(26)6/h10,12-18,33H,4-5,7-9,11,30H2,1-3,6H3,(H2,31,34)/b15-12-,17-14-,22-10+. The molecule has 0 atom stereocenters. The van der Waals surface area contributed by atoms with Crippen LogP contribution in [0.5, 0.6) is 5.75 Å². The van der Waals surface area contributed by atoms with Gasteiger partial charge in [0.15, 0.2) is 0 Å². The number of amides is 1. The maximum Gasteiger partial charge on any atom is 0.252 e. The van der Waals surface area contributed by atoms with Gasteiger partial charge in [0, 0.05) is 6.07 Å². The van der Waals surface area contributed by atoms with Crippen molar-refractivity contribution < 1.29 is 9.90 Å². The van der Waals surface area contributed by atoms with Gasteiger partial charge < -0.3 is 16.6 Å². The number of phenols is 1. The topological polar surface area (TPSA) is 94.3 Å². The number of hydrogen-bond acceptors (Lipinski definition) is 3. The maximum atomic E-state index is 12.4. The Morgan fingerprint density at radius 2 is 1.85 bits per heavy atom. The summed E-state index contributed by atoms with van der Waals surface area (Å²) in [5.41, 5.74) is 18.5. The zero-order chi connectivity index (χ0) is 25.4. The number of nitrogen functional groups attached to an aromatic ring is 1. The molecule has 0 aliphatic rings. The number of anilines is 1. The molecule has 5 nitrogen and oxygen atoms in total. The molecule has 1 aromatic carbocycles. The molecule has 0 spiro atoms. The molecule has 1 aromatic heterocycles. The van der Waals surface area contributed by atoms with Crippen LogP contribution in [0.15, 0.2) is 72.4 Å². The Bertz CT molecular complexity index is 1180. The number of carbonyl (C=O) groups is 1. The van der Waals surface area contributed by atoms with E-state index < -0.39 is 5.91 Å². The van der Waals surface area contributed by atoms with E-state index in [1.165, 1.54) is 0 Å². The van der Waals surface area contributed by atoms with Crippen LogP contribution in [0.4, 0.5) is 5.82 Å². The SMILES string of the molecule is C=C(/C=C\C(=C/CC)C(=C)/C=C\c1c(CCC)c(C(N)=O)c(N)n1-c1cc(O)ccc1C)CC. The number of nitrogens with zero attached hydrogens (tertiary/aromatic N) is 1. The summed E-state index contributed by atoms with van der Waals surface area (Å²) >= 11 is 0. The van der Waals surface area contributed by atoms with E-state index in [9.17, 15) is 9.90 Å². The van der Waals surface area contributed by atoms with Crippen molar-refractivity contribution in [3.05, 3.63) is 94.8 Å². The number of nitrogens with two attached hydrogens (primary N) is 2. The number of aromatic hydroxyl groups is 1. The number of aromatic nitrogens is 1. The van der Waals surface area contributed by atoms with Crippen molar-refractivity contribution in [2.45, 2.75) is 53.4 Å². The highest BCUT2D eigenvalue weighted by Crippen LogP contribution is 2.34. The summed E-state index contributed by atoms with van der Waals surface area (Å²) in [6.45, 7) is 16.4. The lowest BCUT2D eigenvalue weighted by molar-refractivity contribution is 0.100. The van der Waals surface area contributed by atoms with Crippen LogP contribution in [0, 0.1) is 6.92 Å². The number of phenolic OH excluding ortho intramolecular Hbond substituents is 1. The maximum absolute atomic E-state index is 12.4. The second-order valence-electron chi connectivity index (χ2n) is 8.32. The van der Waals surface area contributed by atoms with Crippen LogP contribution < -0.4 is 11.5 Å². The minimum Gasteiger partial charge on any atom is -0.508 e. The number of rotatable bonds is 11. The first-order valence-electron chi connectivity index (χ1n) is 11.7. The molecule has 0 saturated carbocycles. The number of carbonyl (C=O) groups excluding carboxylic acids is 1. The minimum absolute atomic E-state index is 0.111. The Morgan fingerprint density at radius 1 is 1.15 bits per heavy atom. The second-order valence-corrected chi connectivity index (χ2v) is 8.32. The summed E-state index contributed by atoms with van der Waals surface area (Å²) in [7, 11) is 0. The Balaban J connectivity index is 2.71. The molecule has 0 aliphatic heterocycles. The van der Waals surface area contributed by atoms with Crippen LogP contribution in [0.3, 0.4) is 0 Å². The van der Waals surface area contributed by atoms with Gasteiger partial charge in [0.25, 0.3) is 5.91 Å².